The van der Waals surface area contributed by atoms with Crippen molar-refractivity contribution in [3.05, 3.63) is 55.0 Å². The van der Waals surface area contributed by atoms with Crippen LogP contribution in [-0.2, 0) is 0 Å². The summed E-state index contributed by atoms with van der Waals surface area (Å²) in [7, 11) is 0. The summed E-state index contributed by atoms with van der Waals surface area (Å²) < 4.78 is 5.90. The number of hydrogen-bond acceptors (Lipinski definition) is 6. The van der Waals surface area contributed by atoms with Crippen LogP contribution in [0.3, 0.4) is 0 Å². The monoisotopic (exact) mass is 349 g/mol. The zero-order valence-corrected chi connectivity index (χ0v) is 14.8. The van der Waals surface area contributed by atoms with E-state index in [0.29, 0.717) is 0 Å². The molecule has 0 aliphatic carbocycles. The molecule has 0 unspecified atom stereocenters. The van der Waals surface area contributed by atoms with Gasteiger partial charge in [0.25, 0.3) is 0 Å². The Morgan fingerprint density at radius 3 is 2.54 bits per heavy atom. The smallest absolute Gasteiger partial charge is 0.225 e. The van der Waals surface area contributed by atoms with Gasteiger partial charge < -0.3 is 9.64 Å². The second-order valence-electron chi connectivity index (χ2n) is 6.44. The first-order chi connectivity index (χ1) is 12.9. The average Bonchev–Trinajstić information content (AvgIpc) is 2.72. The van der Waals surface area contributed by atoms with Gasteiger partial charge in [-0.1, -0.05) is 6.07 Å². The first-order valence-corrected chi connectivity index (χ1v) is 9.10. The molecule has 0 atom stereocenters. The van der Waals surface area contributed by atoms with Crippen molar-refractivity contribution in [3.63, 3.8) is 0 Å². The van der Waals surface area contributed by atoms with Gasteiger partial charge in [0.1, 0.15) is 5.75 Å². The molecule has 0 amide bonds. The Morgan fingerprint density at radius 1 is 0.885 bits per heavy atom. The largest absolute Gasteiger partial charge is 0.493 e. The van der Waals surface area contributed by atoms with Gasteiger partial charge in [-0.25, -0.2) is 9.97 Å². The van der Waals surface area contributed by atoms with Crippen molar-refractivity contribution in [1.29, 1.82) is 0 Å². The molecule has 26 heavy (non-hydrogen) atoms. The summed E-state index contributed by atoms with van der Waals surface area (Å²) in [6, 6.07) is 11.9. The summed E-state index contributed by atoms with van der Waals surface area (Å²) in [5, 5.41) is 1.14. The molecule has 0 radical (unpaired) electrons. The third-order valence-corrected chi connectivity index (χ3v) is 4.67. The maximum absolute atomic E-state index is 5.90. The molecule has 4 rings (SSSR count). The third kappa shape index (κ3) is 4.08. The summed E-state index contributed by atoms with van der Waals surface area (Å²) in [6.45, 7) is 5.80. The summed E-state index contributed by atoms with van der Waals surface area (Å²) in [5.41, 5.74) is 0.976. The molecule has 6 heteroatoms. The molecule has 1 aliphatic heterocycles. The highest BCUT2D eigenvalue weighted by atomic mass is 16.5. The number of anilines is 1. The molecule has 134 valence electrons. The second-order valence-corrected chi connectivity index (χ2v) is 6.44. The van der Waals surface area contributed by atoms with E-state index < -0.39 is 0 Å². The van der Waals surface area contributed by atoms with Crippen molar-refractivity contribution in [1.82, 2.24) is 19.9 Å². The third-order valence-electron chi connectivity index (χ3n) is 4.67. The molecule has 3 heterocycles. The fourth-order valence-electron chi connectivity index (χ4n) is 3.24. The van der Waals surface area contributed by atoms with E-state index in [1.165, 1.54) is 0 Å². The Hall–Kier alpha value is -2.73. The van der Waals surface area contributed by atoms with Crippen molar-refractivity contribution in [2.24, 2.45) is 0 Å². The minimum atomic E-state index is 0.723. The van der Waals surface area contributed by atoms with Gasteiger partial charge in [0.05, 0.1) is 12.1 Å². The Labute approximate surface area is 153 Å². The van der Waals surface area contributed by atoms with Crippen LogP contribution in [-0.4, -0.2) is 59.2 Å². The molecular weight excluding hydrogens is 326 g/mol. The quantitative estimate of drug-likeness (QED) is 0.638. The van der Waals surface area contributed by atoms with Gasteiger partial charge in [0, 0.05) is 62.8 Å². The van der Waals surface area contributed by atoms with Gasteiger partial charge in [-0.15, -0.1) is 0 Å². The fraction of sp³-hybridized carbons (Fsp3) is 0.350. The minimum Gasteiger partial charge on any atom is -0.493 e. The minimum absolute atomic E-state index is 0.723. The zero-order valence-electron chi connectivity index (χ0n) is 14.8. The lowest BCUT2D eigenvalue weighted by Gasteiger charge is -2.34. The topological polar surface area (TPSA) is 54.4 Å². The second kappa shape index (κ2) is 8.10. The van der Waals surface area contributed by atoms with E-state index in [9.17, 15) is 0 Å². The number of hydrogen-bond donors (Lipinski definition) is 0. The van der Waals surface area contributed by atoms with E-state index in [-0.39, 0.29) is 0 Å². The molecule has 2 aromatic heterocycles. The Kier molecular flexibility index (Phi) is 5.21. The van der Waals surface area contributed by atoms with E-state index >= 15 is 0 Å². The van der Waals surface area contributed by atoms with Gasteiger partial charge in [-0.2, -0.15) is 0 Å². The molecule has 0 bridgehead atoms. The number of aromatic nitrogens is 3. The molecule has 1 fully saturated rings. The van der Waals surface area contributed by atoms with Gasteiger partial charge >= 0.3 is 0 Å². The number of rotatable bonds is 6. The van der Waals surface area contributed by atoms with E-state index in [1.54, 1.807) is 12.4 Å². The van der Waals surface area contributed by atoms with Crippen LogP contribution >= 0.6 is 0 Å². The molecule has 0 saturated carbocycles. The Morgan fingerprint density at radius 2 is 1.69 bits per heavy atom. The molecular formula is C20H23N5O. The first kappa shape index (κ1) is 16.7. The number of fused-ring (bicyclic) bond motifs is 1. The van der Waals surface area contributed by atoms with E-state index in [0.717, 1.165) is 68.4 Å². The van der Waals surface area contributed by atoms with Crippen molar-refractivity contribution < 1.29 is 4.74 Å². The van der Waals surface area contributed by atoms with Gasteiger partial charge in [0.15, 0.2) is 0 Å². The summed E-state index contributed by atoms with van der Waals surface area (Å²) in [6.07, 6.45) is 6.43. The molecule has 0 spiro atoms. The number of ether oxygens (including phenoxy) is 1. The standard InChI is InChI=1S/C20H23N5O/c1-4-17-5-6-18(16-19(17)21-7-1)26-15-3-10-24-11-13-25(14-12-24)20-22-8-2-9-23-20/h1-2,4-9,16H,3,10-15H2. The highest BCUT2D eigenvalue weighted by Gasteiger charge is 2.18. The number of benzene rings is 1. The molecule has 6 nitrogen and oxygen atoms in total. The molecule has 1 aromatic carbocycles. The van der Waals surface area contributed by atoms with Crippen LogP contribution < -0.4 is 9.64 Å². The Bertz CT molecular complexity index is 834. The SMILES string of the molecule is c1cnc(N2CCN(CCCOc3ccc4cccnc4c3)CC2)nc1. The van der Waals surface area contributed by atoms with Crippen LogP contribution in [0.25, 0.3) is 10.9 Å². The predicted molar refractivity (Wildman–Crippen MR) is 103 cm³/mol. The normalized spacial score (nSPS) is 15.3. The number of nitrogens with zero attached hydrogens (tertiary/aromatic N) is 5. The highest BCUT2D eigenvalue weighted by Crippen LogP contribution is 2.19. The van der Waals surface area contributed by atoms with E-state index in [4.69, 9.17) is 4.74 Å². The van der Waals surface area contributed by atoms with Crippen molar-refractivity contribution in [3.8, 4) is 5.75 Å². The summed E-state index contributed by atoms with van der Waals surface area (Å²) in [4.78, 5) is 17.8. The maximum atomic E-state index is 5.90. The predicted octanol–water partition coefficient (Wildman–Crippen LogP) is 2.62. The van der Waals surface area contributed by atoms with Gasteiger partial charge in [-0.3, -0.25) is 9.88 Å². The molecule has 0 N–H and O–H groups in total. The number of piperazine rings is 1. The average molecular weight is 349 g/mol. The lowest BCUT2D eigenvalue weighted by molar-refractivity contribution is 0.224. The zero-order chi connectivity index (χ0) is 17.6. The molecule has 3 aromatic rings. The van der Waals surface area contributed by atoms with Crippen LogP contribution in [0.5, 0.6) is 5.75 Å². The first-order valence-electron chi connectivity index (χ1n) is 9.10. The van der Waals surface area contributed by atoms with Crippen LogP contribution in [0.4, 0.5) is 5.95 Å². The van der Waals surface area contributed by atoms with Gasteiger partial charge in [0.2, 0.25) is 5.95 Å². The van der Waals surface area contributed by atoms with Crippen LogP contribution in [0, 0.1) is 0 Å². The van der Waals surface area contributed by atoms with E-state index in [1.807, 2.05) is 30.5 Å². The van der Waals surface area contributed by atoms with Crippen molar-refractivity contribution >= 4 is 16.9 Å². The molecule has 1 aliphatic rings. The van der Waals surface area contributed by atoms with Crippen molar-refractivity contribution in [2.45, 2.75) is 6.42 Å². The highest BCUT2D eigenvalue weighted by molar-refractivity contribution is 5.79. The number of pyridine rings is 1. The maximum Gasteiger partial charge on any atom is 0.225 e. The van der Waals surface area contributed by atoms with Crippen molar-refractivity contribution in [2.75, 3.05) is 44.2 Å². The van der Waals surface area contributed by atoms with Crippen LogP contribution in [0.1, 0.15) is 6.42 Å². The fourth-order valence-corrected chi connectivity index (χ4v) is 3.24. The lowest BCUT2D eigenvalue weighted by atomic mass is 10.2. The molecule has 1 saturated heterocycles. The van der Waals surface area contributed by atoms with Crippen LogP contribution in [0.15, 0.2) is 55.0 Å². The van der Waals surface area contributed by atoms with E-state index in [2.05, 4.69) is 36.9 Å². The Balaban J connectivity index is 1.19. The summed E-state index contributed by atoms with van der Waals surface area (Å²) >= 11 is 0. The van der Waals surface area contributed by atoms with Crippen LogP contribution in [0.2, 0.25) is 0 Å². The summed E-state index contributed by atoms with van der Waals surface area (Å²) in [5.74, 6) is 1.72. The van der Waals surface area contributed by atoms with Gasteiger partial charge in [-0.05, 0) is 30.7 Å². The lowest BCUT2D eigenvalue weighted by Crippen LogP contribution is -2.47.